The van der Waals surface area contributed by atoms with Gasteiger partial charge in [-0.3, -0.25) is 9.80 Å². The molecule has 0 aromatic heterocycles. The molecule has 4 nitrogen and oxygen atoms in total. The van der Waals surface area contributed by atoms with Gasteiger partial charge in [0.2, 0.25) is 0 Å². The second-order valence-electron chi connectivity index (χ2n) is 5.32. The minimum Gasteiger partial charge on any atom is -0.395 e. The molecule has 112 valence electrons. The molecule has 0 bridgehead atoms. The maximum atomic E-state index is 9.20. The first-order chi connectivity index (χ1) is 9.70. The van der Waals surface area contributed by atoms with E-state index in [-0.39, 0.29) is 12.6 Å². The zero-order valence-electron chi connectivity index (χ0n) is 12.1. The van der Waals surface area contributed by atoms with Gasteiger partial charge >= 0.3 is 0 Å². The van der Waals surface area contributed by atoms with E-state index in [0.29, 0.717) is 6.54 Å². The summed E-state index contributed by atoms with van der Waals surface area (Å²) in [6.45, 7) is 6.11. The number of hydrogen-bond donors (Lipinski definition) is 2. The molecule has 1 aliphatic heterocycles. The molecule has 2 N–H and O–H groups in total. The normalized spacial score (nSPS) is 18.4. The Morgan fingerprint density at radius 2 is 1.95 bits per heavy atom. The largest absolute Gasteiger partial charge is 0.395 e. The Hall–Kier alpha value is -0.650. The monoisotopic (exact) mass is 297 g/mol. The van der Waals surface area contributed by atoms with Crippen LogP contribution in [0.4, 0.5) is 0 Å². The van der Waals surface area contributed by atoms with Crippen LogP contribution in [0.15, 0.2) is 24.3 Å². The lowest BCUT2D eigenvalue weighted by atomic mass is 10.0. The van der Waals surface area contributed by atoms with Crippen molar-refractivity contribution in [3.63, 3.8) is 0 Å². The first-order valence-corrected chi connectivity index (χ1v) is 7.58. The molecule has 1 heterocycles. The number of nitrogens with zero attached hydrogens (tertiary/aromatic N) is 2. The number of nitrogens with one attached hydrogen (secondary N) is 1. The van der Waals surface area contributed by atoms with Crippen LogP contribution in [0.1, 0.15) is 11.6 Å². The lowest BCUT2D eigenvalue weighted by Crippen LogP contribution is -2.47. The predicted octanol–water partition coefficient (Wildman–Crippen LogP) is 1.21. The first kappa shape index (κ1) is 15.7. The van der Waals surface area contributed by atoms with E-state index in [9.17, 15) is 5.11 Å². The van der Waals surface area contributed by atoms with Gasteiger partial charge in [-0.05, 0) is 24.7 Å². The highest BCUT2D eigenvalue weighted by molar-refractivity contribution is 6.30. The minimum atomic E-state index is 0.183. The predicted molar refractivity (Wildman–Crippen MR) is 83.2 cm³/mol. The fraction of sp³-hybridized carbons (Fsp3) is 0.600. The Labute approximate surface area is 126 Å². The third-order valence-electron chi connectivity index (χ3n) is 3.88. The number of hydrogen-bond acceptors (Lipinski definition) is 4. The van der Waals surface area contributed by atoms with E-state index in [1.807, 2.05) is 12.1 Å². The SMILES string of the molecule is CN(CCO)C(CN1CCNCC1)c1ccc(Cl)cc1. The van der Waals surface area contributed by atoms with Crippen molar-refractivity contribution in [3.05, 3.63) is 34.9 Å². The Morgan fingerprint density at radius 3 is 2.55 bits per heavy atom. The third kappa shape index (κ3) is 4.43. The zero-order valence-corrected chi connectivity index (χ0v) is 12.8. The molecule has 0 saturated carbocycles. The number of halogens is 1. The van der Waals surface area contributed by atoms with E-state index in [2.05, 4.69) is 34.3 Å². The van der Waals surface area contributed by atoms with Crippen molar-refractivity contribution in [1.82, 2.24) is 15.1 Å². The molecular weight excluding hydrogens is 274 g/mol. The number of likely N-dealkylation sites (N-methyl/N-ethyl adjacent to an activating group) is 1. The molecule has 1 saturated heterocycles. The second kappa shape index (κ2) is 7.96. The van der Waals surface area contributed by atoms with Gasteiger partial charge in [0.25, 0.3) is 0 Å². The molecule has 1 aliphatic rings. The van der Waals surface area contributed by atoms with E-state index < -0.39 is 0 Å². The van der Waals surface area contributed by atoms with Crippen LogP contribution in [-0.4, -0.2) is 67.8 Å². The highest BCUT2D eigenvalue weighted by atomic mass is 35.5. The summed E-state index contributed by atoms with van der Waals surface area (Å²) in [4.78, 5) is 4.69. The van der Waals surface area contributed by atoms with Crippen molar-refractivity contribution in [3.8, 4) is 0 Å². The van der Waals surface area contributed by atoms with E-state index in [4.69, 9.17) is 11.6 Å². The van der Waals surface area contributed by atoms with E-state index in [1.54, 1.807) is 0 Å². The van der Waals surface area contributed by atoms with Crippen molar-refractivity contribution in [2.45, 2.75) is 6.04 Å². The molecule has 1 atom stereocenters. The van der Waals surface area contributed by atoms with Crippen molar-refractivity contribution in [2.75, 3.05) is 52.9 Å². The Bertz CT molecular complexity index is 393. The Kier molecular flexibility index (Phi) is 6.26. The summed E-state index contributed by atoms with van der Waals surface area (Å²) in [6, 6.07) is 8.34. The molecule has 20 heavy (non-hydrogen) atoms. The Morgan fingerprint density at radius 1 is 1.30 bits per heavy atom. The highest BCUT2D eigenvalue weighted by Gasteiger charge is 2.21. The number of aliphatic hydroxyl groups is 1. The molecule has 5 heteroatoms. The molecule has 2 rings (SSSR count). The molecule has 0 radical (unpaired) electrons. The van der Waals surface area contributed by atoms with Gasteiger partial charge in [0.05, 0.1) is 6.61 Å². The van der Waals surface area contributed by atoms with Crippen molar-refractivity contribution in [2.24, 2.45) is 0 Å². The average Bonchev–Trinajstić information content (AvgIpc) is 2.47. The van der Waals surface area contributed by atoms with Crippen LogP contribution in [0.25, 0.3) is 0 Å². The van der Waals surface area contributed by atoms with Gasteiger partial charge in [0, 0.05) is 50.3 Å². The lowest BCUT2D eigenvalue weighted by molar-refractivity contribution is 0.130. The molecule has 1 aromatic carbocycles. The van der Waals surface area contributed by atoms with Crippen LogP contribution < -0.4 is 5.32 Å². The van der Waals surface area contributed by atoms with Crippen LogP contribution in [-0.2, 0) is 0 Å². The van der Waals surface area contributed by atoms with Gasteiger partial charge in [0.15, 0.2) is 0 Å². The molecule has 1 unspecified atom stereocenters. The van der Waals surface area contributed by atoms with Crippen molar-refractivity contribution < 1.29 is 5.11 Å². The summed E-state index contributed by atoms with van der Waals surface area (Å²) < 4.78 is 0. The molecule has 0 spiro atoms. The molecule has 0 aliphatic carbocycles. The van der Waals surface area contributed by atoms with Crippen LogP contribution in [0.5, 0.6) is 0 Å². The molecule has 0 amide bonds. The van der Waals surface area contributed by atoms with E-state index in [1.165, 1.54) is 5.56 Å². The summed E-state index contributed by atoms with van der Waals surface area (Å²) >= 11 is 5.98. The molecular formula is C15H24ClN3O. The molecule has 1 aromatic rings. The molecule has 1 fully saturated rings. The third-order valence-corrected chi connectivity index (χ3v) is 4.13. The highest BCUT2D eigenvalue weighted by Crippen LogP contribution is 2.22. The minimum absolute atomic E-state index is 0.183. The zero-order chi connectivity index (χ0) is 14.4. The van der Waals surface area contributed by atoms with Crippen molar-refractivity contribution in [1.29, 1.82) is 0 Å². The van der Waals surface area contributed by atoms with Gasteiger partial charge in [-0.25, -0.2) is 0 Å². The summed E-state index contributed by atoms with van der Waals surface area (Å²) in [7, 11) is 2.07. The quantitative estimate of drug-likeness (QED) is 0.828. The van der Waals surface area contributed by atoms with Gasteiger partial charge in [-0.15, -0.1) is 0 Å². The number of piperazine rings is 1. The Balaban J connectivity index is 2.08. The van der Waals surface area contributed by atoms with Crippen LogP contribution in [0, 0.1) is 0 Å². The summed E-state index contributed by atoms with van der Waals surface area (Å²) in [5, 5.41) is 13.3. The van der Waals surface area contributed by atoms with Gasteiger partial charge in [0.1, 0.15) is 0 Å². The maximum absolute atomic E-state index is 9.20. The first-order valence-electron chi connectivity index (χ1n) is 7.20. The van der Waals surface area contributed by atoms with Crippen LogP contribution in [0.2, 0.25) is 5.02 Å². The van der Waals surface area contributed by atoms with Crippen LogP contribution in [0.3, 0.4) is 0 Å². The van der Waals surface area contributed by atoms with Crippen LogP contribution >= 0.6 is 11.6 Å². The summed E-state index contributed by atoms with van der Waals surface area (Å²) in [5.41, 5.74) is 1.25. The van der Waals surface area contributed by atoms with Gasteiger partial charge in [-0.1, -0.05) is 23.7 Å². The topological polar surface area (TPSA) is 38.7 Å². The second-order valence-corrected chi connectivity index (χ2v) is 5.76. The van der Waals surface area contributed by atoms with E-state index >= 15 is 0 Å². The summed E-state index contributed by atoms with van der Waals surface area (Å²) in [5.74, 6) is 0. The van der Waals surface area contributed by atoms with E-state index in [0.717, 1.165) is 37.7 Å². The van der Waals surface area contributed by atoms with Gasteiger partial charge in [-0.2, -0.15) is 0 Å². The lowest BCUT2D eigenvalue weighted by Gasteiger charge is -2.35. The smallest absolute Gasteiger partial charge is 0.0558 e. The maximum Gasteiger partial charge on any atom is 0.0558 e. The standard InChI is InChI=1S/C15H24ClN3O/c1-18(10-11-20)15(12-19-8-6-17-7-9-19)13-2-4-14(16)5-3-13/h2-5,15,17,20H,6-12H2,1H3. The average molecular weight is 298 g/mol. The van der Waals surface area contributed by atoms with Gasteiger partial charge < -0.3 is 10.4 Å². The summed E-state index contributed by atoms with van der Waals surface area (Å²) in [6.07, 6.45) is 0. The number of aliphatic hydroxyl groups excluding tert-OH is 1. The fourth-order valence-corrected chi connectivity index (χ4v) is 2.76. The number of benzene rings is 1. The van der Waals surface area contributed by atoms with Crippen molar-refractivity contribution >= 4 is 11.6 Å². The fourth-order valence-electron chi connectivity index (χ4n) is 2.64. The number of rotatable bonds is 6.